The molecule has 13 nitrogen and oxygen atoms in total. The number of nitrogens with zero attached hydrogens (tertiary/aromatic N) is 4. The number of thiocarbonyl (C=S) groups is 1. The Kier molecular flexibility index (Phi) is 14.5. The first-order chi connectivity index (χ1) is 24.9. The van der Waals surface area contributed by atoms with Crippen LogP contribution in [0.25, 0.3) is 0 Å². The van der Waals surface area contributed by atoms with Crippen LogP contribution in [-0.4, -0.2) is 124 Å². The van der Waals surface area contributed by atoms with Crippen molar-refractivity contribution in [1.82, 2.24) is 10.6 Å². The first-order valence-electron chi connectivity index (χ1n) is 16.2. The number of anilines is 4. The van der Waals surface area contributed by atoms with Crippen LogP contribution in [0.1, 0.15) is 0 Å². The molecule has 20 heteroatoms. The molecule has 0 radical (unpaired) electrons. The number of rotatable bonds is 10. The van der Waals surface area contributed by atoms with E-state index in [-0.39, 0.29) is 37.0 Å². The van der Waals surface area contributed by atoms with Gasteiger partial charge in [0.05, 0.1) is 75.4 Å². The van der Waals surface area contributed by atoms with Gasteiger partial charge in [0.25, 0.3) is 5.91 Å². The van der Waals surface area contributed by atoms with Crippen molar-refractivity contribution in [3.63, 3.8) is 0 Å². The molecule has 2 aromatic carbocycles. The monoisotopic (exact) mass is 826 g/mol. The Hall–Kier alpha value is -3.12. The Morgan fingerprint density at radius 1 is 0.731 bits per heavy atom. The molecule has 52 heavy (non-hydrogen) atoms. The van der Waals surface area contributed by atoms with Gasteiger partial charge >= 0.3 is 12.2 Å². The number of amides is 3. The van der Waals surface area contributed by atoms with Crippen molar-refractivity contribution in [3.05, 3.63) is 48.0 Å². The van der Waals surface area contributed by atoms with E-state index < -0.39 is 45.8 Å². The fourth-order valence-electron chi connectivity index (χ4n) is 5.71. The van der Waals surface area contributed by atoms with Crippen molar-refractivity contribution in [2.75, 3.05) is 98.4 Å². The summed E-state index contributed by atoms with van der Waals surface area (Å²) in [7, 11) is 0. The number of hydrogen-bond acceptors (Lipinski definition) is 10. The van der Waals surface area contributed by atoms with Gasteiger partial charge in [-0.15, -0.1) is 0 Å². The van der Waals surface area contributed by atoms with E-state index >= 15 is 0 Å². The van der Waals surface area contributed by atoms with E-state index in [1.807, 2.05) is 9.80 Å². The largest absolute Gasteiger partial charge is 0.442 e. The summed E-state index contributed by atoms with van der Waals surface area (Å²) in [5, 5.41) is 5.33. The van der Waals surface area contributed by atoms with E-state index in [0.717, 1.165) is 0 Å². The third-order valence-electron chi connectivity index (χ3n) is 8.34. The molecule has 284 valence electrons. The van der Waals surface area contributed by atoms with Gasteiger partial charge < -0.3 is 39.4 Å². The summed E-state index contributed by atoms with van der Waals surface area (Å²) in [6.45, 7) is 5.58. The molecule has 0 aliphatic carbocycles. The van der Waals surface area contributed by atoms with Gasteiger partial charge in [0.2, 0.25) is 0 Å². The summed E-state index contributed by atoms with van der Waals surface area (Å²) < 4.78 is 50.0. The highest BCUT2D eigenvalue weighted by Crippen LogP contribution is 2.30. The SMILES string of the molecule is O=C(NC[C@H]1CN(c2ccc(N3CCOCC3)c(F)c2)C(=O)O1)C(Cl)Cl.O=C1O[C@@H](CNC(=S)C(Cl)Cl)CN1c1ccc(N2CCOCC2)c(F)c1. The zero-order valence-electron chi connectivity index (χ0n) is 27.6. The molecule has 0 unspecified atom stereocenters. The second kappa shape index (κ2) is 18.8. The minimum Gasteiger partial charge on any atom is -0.442 e. The molecule has 2 aromatic rings. The van der Waals surface area contributed by atoms with Gasteiger partial charge in [-0.2, -0.15) is 0 Å². The highest BCUT2D eigenvalue weighted by Gasteiger charge is 2.34. The van der Waals surface area contributed by atoms with Crippen LogP contribution in [0.4, 0.5) is 41.1 Å². The van der Waals surface area contributed by atoms with Crippen LogP contribution in [0, 0.1) is 11.6 Å². The molecular weight excluding hydrogens is 792 g/mol. The Morgan fingerprint density at radius 2 is 1.15 bits per heavy atom. The lowest BCUT2D eigenvalue weighted by Gasteiger charge is -2.29. The number of carbonyl (C=O) groups is 3. The fraction of sp³-hybridized carbons (Fsp3) is 0.500. The van der Waals surface area contributed by atoms with Crippen LogP contribution < -0.4 is 30.2 Å². The predicted molar refractivity (Wildman–Crippen MR) is 199 cm³/mol. The van der Waals surface area contributed by atoms with Crippen molar-refractivity contribution < 1.29 is 42.1 Å². The molecule has 2 atom stereocenters. The number of morpholine rings is 2. The normalized spacial score (nSPS) is 20.5. The molecule has 4 fully saturated rings. The number of nitrogens with one attached hydrogen (secondary N) is 2. The number of ether oxygens (including phenoxy) is 4. The molecule has 4 saturated heterocycles. The van der Waals surface area contributed by atoms with E-state index in [0.29, 0.717) is 75.4 Å². The Labute approximate surface area is 324 Å². The molecule has 0 aromatic heterocycles. The molecule has 4 aliphatic rings. The number of benzene rings is 2. The van der Waals surface area contributed by atoms with Gasteiger partial charge in [-0.3, -0.25) is 14.6 Å². The highest BCUT2D eigenvalue weighted by atomic mass is 35.5. The smallest absolute Gasteiger partial charge is 0.414 e. The standard InChI is InChI=1S/C16H18Cl2FN3O4.C16H18Cl2FN3O3S/c17-14(18)15(23)20-8-11-9-22(16(24)26-11)10-1-2-13(12(19)7-10)21-3-5-25-6-4-21;17-14(18)15(26)20-8-11-9-22(16(23)25-11)10-1-2-13(12(19)7-10)21-3-5-24-6-4-21/h1-2,7,11,14H,3-6,8-9H2,(H,20,23);1-2,7,11,14H,3-6,8-9H2,(H,20,26)/t2*11-/m00/s1. The topological polar surface area (TPSA) is 125 Å². The van der Waals surface area contributed by atoms with Crippen LogP contribution in [0.5, 0.6) is 0 Å². The van der Waals surface area contributed by atoms with Crippen molar-refractivity contribution in [2.24, 2.45) is 0 Å². The molecular formula is C32H36Cl4F2N6O7S. The first kappa shape index (κ1) is 40.1. The lowest BCUT2D eigenvalue weighted by molar-refractivity contribution is -0.119. The Bertz CT molecular complexity index is 1490. The van der Waals surface area contributed by atoms with E-state index in [1.165, 1.54) is 21.9 Å². The van der Waals surface area contributed by atoms with Crippen LogP contribution in [0.15, 0.2) is 36.4 Å². The fourth-order valence-corrected chi connectivity index (χ4v) is 6.10. The number of halogens is 6. The minimum absolute atomic E-state index is 0.0748. The van der Waals surface area contributed by atoms with Gasteiger partial charge in [0.15, 0.2) is 9.67 Å². The van der Waals surface area contributed by atoms with Gasteiger partial charge in [-0.05, 0) is 36.4 Å². The van der Waals surface area contributed by atoms with Crippen molar-refractivity contribution in [3.8, 4) is 0 Å². The first-order valence-corrected chi connectivity index (χ1v) is 18.4. The van der Waals surface area contributed by atoms with Gasteiger partial charge in [0.1, 0.15) is 28.8 Å². The maximum Gasteiger partial charge on any atom is 0.414 e. The zero-order chi connectivity index (χ0) is 37.4. The number of cyclic esters (lactones) is 2. The average Bonchev–Trinajstić information content (AvgIpc) is 3.71. The van der Waals surface area contributed by atoms with E-state index in [4.69, 9.17) is 77.6 Å². The van der Waals surface area contributed by atoms with E-state index in [2.05, 4.69) is 10.6 Å². The second-order valence-corrected chi connectivity index (χ2v) is 14.4. The van der Waals surface area contributed by atoms with E-state index in [1.54, 1.807) is 24.3 Å². The highest BCUT2D eigenvalue weighted by molar-refractivity contribution is 7.80. The van der Waals surface area contributed by atoms with Gasteiger partial charge in [-0.25, -0.2) is 18.4 Å². The molecule has 0 bridgehead atoms. The molecule has 0 spiro atoms. The summed E-state index contributed by atoms with van der Waals surface area (Å²) in [6, 6.07) is 9.35. The maximum atomic E-state index is 14.5. The van der Waals surface area contributed by atoms with Crippen LogP contribution in [0.3, 0.4) is 0 Å². The maximum absolute atomic E-state index is 14.5. The lowest BCUT2D eigenvalue weighted by atomic mass is 10.2. The Morgan fingerprint density at radius 3 is 1.54 bits per heavy atom. The molecule has 4 heterocycles. The summed E-state index contributed by atoms with van der Waals surface area (Å²) in [5.41, 5.74) is 1.82. The molecule has 3 amide bonds. The van der Waals surface area contributed by atoms with Crippen molar-refractivity contribution >= 4 is 104 Å². The summed E-state index contributed by atoms with van der Waals surface area (Å²) >= 11 is 27.2. The number of carbonyl (C=O) groups excluding carboxylic acids is 3. The summed E-state index contributed by atoms with van der Waals surface area (Å²) in [5.74, 6) is -1.36. The number of alkyl halides is 4. The van der Waals surface area contributed by atoms with Gasteiger partial charge in [0, 0.05) is 26.2 Å². The molecule has 6 rings (SSSR count). The third-order valence-corrected chi connectivity index (χ3v) is 9.81. The summed E-state index contributed by atoms with van der Waals surface area (Å²) in [4.78, 5) is 40.3. The minimum atomic E-state index is -1.19. The van der Waals surface area contributed by atoms with Crippen LogP contribution in [0.2, 0.25) is 0 Å². The third kappa shape index (κ3) is 10.5. The summed E-state index contributed by atoms with van der Waals surface area (Å²) in [6.07, 6.45) is -2.14. The van der Waals surface area contributed by atoms with Crippen LogP contribution in [-0.2, 0) is 23.7 Å². The Balaban J connectivity index is 0.000000201. The molecule has 4 aliphatic heterocycles. The van der Waals surface area contributed by atoms with Crippen LogP contribution >= 0.6 is 58.6 Å². The predicted octanol–water partition coefficient (Wildman–Crippen LogP) is 4.62. The van der Waals surface area contributed by atoms with Crippen molar-refractivity contribution in [2.45, 2.75) is 21.9 Å². The van der Waals surface area contributed by atoms with E-state index in [9.17, 15) is 23.2 Å². The molecule has 2 N–H and O–H groups in total. The lowest BCUT2D eigenvalue weighted by Crippen LogP contribution is -2.37. The quantitative estimate of drug-likeness (QED) is 0.258. The van der Waals surface area contributed by atoms with Gasteiger partial charge in [-0.1, -0.05) is 58.6 Å². The average molecular weight is 829 g/mol. The number of hydrogen-bond donors (Lipinski definition) is 2. The molecule has 0 saturated carbocycles. The van der Waals surface area contributed by atoms with Crippen molar-refractivity contribution in [1.29, 1.82) is 0 Å². The second-order valence-electron chi connectivity index (χ2n) is 11.8. The zero-order valence-corrected chi connectivity index (χ0v) is 31.4.